The van der Waals surface area contributed by atoms with Crippen LogP contribution in [-0.4, -0.2) is 21.9 Å². The summed E-state index contributed by atoms with van der Waals surface area (Å²) in [6.45, 7) is 16.9. The van der Waals surface area contributed by atoms with E-state index < -0.39 is 11.2 Å². The number of hydrogen-bond donors (Lipinski definition) is 1. The summed E-state index contributed by atoms with van der Waals surface area (Å²) >= 11 is 0. The van der Waals surface area contributed by atoms with Gasteiger partial charge in [0.15, 0.2) is 5.60 Å². The van der Waals surface area contributed by atoms with Crippen molar-refractivity contribution in [2.24, 2.45) is 23.2 Å². The van der Waals surface area contributed by atoms with E-state index in [4.69, 9.17) is 9.78 Å². The largest absolute Gasteiger partial charge is 0.377 e. The smallest absolute Gasteiger partial charge is 0.158 e. The van der Waals surface area contributed by atoms with Crippen LogP contribution in [0.25, 0.3) is 0 Å². The summed E-state index contributed by atoms with van der Waals surface area (Å²) in [4.78, 5) is 11.2. The fourth-order valence-corrected chi connectivity index (χ4v) is 4.47. The molecule has 1 N–H and O–H groups in total. The van der Waals surface area contributed by atoms with Gasteiger partial charge in [-0.3, -0.25) is 0 Å². The molecule has 4 unspecified atom stereocenters. The van der Waals surface area contributed by atoms with E-state index in [9.17, 15) is 5.11 Å². The van der Waals surface area contributed by atoms with E-state index in [0.717, 1.165) is 25.7 Å². The van der Waals surface area contributed by atoms with E-state index in [2.05, 4.69) is 39.5 Å². The van der Waals surface area contributed by atoms with Gasteiger partial charge in [0.05, 0.1) is 5.60 Å². The molecule has 0 spiro atoms. The van der Waals surface area contributed by atoms with E-state index in [0.29, 0.717) is 17.3 Å². The Morgan fingerprint density at radius 1 is 1.17 bits per heavy atom. The van der Waals surface area contributed by atoms with Crippen LogP contribution in [0.2, 0.25) is 0 Å². The molecule has 2 bridgehead atoms. The normalized spacial score (nSPS) is 35.0. The van der Waals surface area contributed by atoms with Crippen LogP contribution in [0.4, 0.5) is 0 Å². The Morgan fingerprint density at radius 3 is 2.29 bits per heavy atom. The monoisotopic (exact) mass is 336 g/mol. The molecule has 0 aliphatic heterocycles. The van der Waals surface area contributed by atoms with Crippen molar-refractivity contribution < 1.29 is 14.9 Å². The van der Waals surface area contributed by atoms with Crippen LogP contribution in [0.3, 0.4) is 0 Å². The number of hydrogen-bond acceptors (Lipinski definition) is 3. The van der Waals surface area contributed by atoms with Gasteiger partial charge >= 0.3 is 0 Å². The molecule has 2 saturated carbocycles. The van der Waals surface area contributed by atoms with Crippen LogP contribution in [0.1, 0.15) is 81.1 Å². The molecule has 4 atom stereocenters. The first-order valence-electron chi connectivity index (χ1n) is 9.46. The summed E-state index contributed by atoms with van der Waals surface area (Å²) in [5.41, 5.74) is -1.63. The maximum absolute atomic E-state index is 11.1. The van der Waals surface area contributed by atoms with Gasteiger partial charge in [0, 0.05) is 5.92 Å². The molecule has 3 nitrogen and oxygen atoms in total. The Balaban J connectivity index is 2.04. The standard InChI is InChI=1S/C21H36O3/c1-9-10-18(3,4)23-24-19(5,6)11-12-21(22)14-16-13-17(21)15(2)20(16,7)8/h15-17,22H,9-10,13-14H2,1-8H3. The molecule has 24 heavy (non-hydrogen) atoms. The van der Waals surface area contributed by atoms with Crippen LogP contribution >= 0.6 is 0 Å². The maximum atomic E-state index is 11.1. The predicted octanol–water partition coefficient (Wildman–Crippen LogP) is 4.73. The Bertz CT molecular complexity index is 519. The summed E-state index contributed by atoms with van der Waals surface area (Å²) in [5.74, 6) is 7.61. The summed E-state index contributed by atoms with van der Waals surface area (Å²) in [5, 5.41) is 11.1. The summed E-state index contributed by atoms with van der Waals surface area (Å²) in [6.07, 6.45) is 3.83. The molecule has 0 aromatic rings. The second-order valence-electron chi connectivity index (χ2n) is 9.71. The van der Waals surface area contributed by atoms with Gasteiger partial charge in [0.25, 0.3) is 0 Å². The first-order chi connectivity index (χ1) is 10.8. The Labute approximate surface area is 148 Å². The first-order valence-corrected chi connectivity index (χ1v) is 9.46. The molecule has 0 amide bonds. The average Bonchev–Trinajstić information content (AvgIpc) is 2.91. The van der Waals surface area contributed by atoms with Gasteiger partial charge in [-0.2, -0.15) is 0 Å². The zero-order valence-corrected chi connectivity index (χ0v) is 16.8. The van der Waals surface area contributed by atoms with Gasteiger partial charge in [-0.25, -0.2) is 9.78 Å². The Hall–Kier alpha value is -0.560. The Kier molecular flexibility index (Phi) is 5.19. The lowest BCUT2D eigenvalue weighted by molar-refractivity contribution is -0.389. The summed E-state index contributed by atoms with van der Waals surface area (Å²) in [6, 6.07) is 0. The molecule has 2 aliphatic carbocycles. The molecular weight excluding hydrogens is 300 g/mol. The van der Waals surface area contributed by atoms with Crippen LogP contribution in [0.5, 0.6) is 0 Å². The zero-order valence-electron chi connectivity index (χ0n) is 16.8. The minimum atomic E-state index is -0.876. The summed E-state index contributed by atoms with van der Waals surface area (Å²) in [7, 11) is 0. The van der Waals surface area contributed by atoms with Gasteiger partial charge in [0.1, 0.15) is 5.60 Å². The molecular formula is C21H36O3. The van der Waals surface area contributed by atoms with Crippen molar-refractivity contribution in [2.45, 2.75) is 97.9 Å². The van der Waals surface area contributed by atoms with Gasteiger partial charge < -0.3 is 5.11 Å². The van der Waals surface area contributed by atoms with Crippen molar-refractivity contribution in [2.75, 3.05) is 0 Å². The molecule has 0 aromatic heterocycles. The molecule has 2 fully saturated rings. The topological polar surface area (TPSA) is 38.7 Å². The van der Waals surface area contributed by atoms with Crippen LogP contribution in [0.15, 0.2) is 0 Å². The van der Waals surface area contributed by atoms with Crippen molar-refractivity contribution in [1.29, 1.82) is 0 Å². The SMILES string of the molecule is CCCC(C)(C)OOC(C)(C)C#CC1(O)CC2CC1C(C)C2(C)C. The lowest BCUT2D eigenvalue weighted by Crippen LogP contribution is -2.44. The fraction of sp³-hybridized carbons (Fsp3) is 0.905. The minimum Gasteiger partial charge on any atom is -0.377 e. The molecule has 3 heteroatoms. The maximum Gasteiger partial charge on any atom is 0.158 e. The van der Waals surface area contributed by atoms with Crippen molar-refractivity contribution in [3.05, 3.63) is 0 Å². The quantitative estimate of drug-likeness (QED) is 0.448. The molecule has 2 rings (SSSR count). The van der Waals surface area contributed by atoms with Crippen LogP contribution in [-0.2, 0) is 9.78 Å². The highest BCUT2D eigenvalue weighted by Gasteiger charge is 2.61. The third-order valence-corrected chi connectivity index (χ3v) is 6.45. The number of fused-ring (bicyclic) bond motifs is 2. The summed E-state index contributed by atoms with van der Waals surface area (Å²) < 4.78 is 0. The lowest BCUT2D eigenvalue weighted by Gasteiger charge is -2.42. The molecule has 0 saturated heterocycles. The number of aliphatic hydroxyl groups is 1. The van der Waals surface area contributed by atoms with Gasteiger partial charge in [-0.1, -0.05) is 46.0 Å². The molecule has 0 radical (unpaired) electrons. The van der Waals surface area contributed by atoms with Crippen LogP contribution in [0, 0.1) is 35.0 Å². The number of rotatable bonds is 5. The third kappa shape index (κ3) is 3.82. The highest BCUT2D eigenvalue weighted by atomic mass is 17.2. The second-order valence-corrected chi connectivity index (χ2v) is 9.71. The Morgan fingerprint density at radius 2 is 1.79 bits per heavy atom. The van der Waals surface area contributed by atoms with Crippen LogP contribution < -0.4 is 0 Å². The molecule has 2 aliphatic rings. The minimum absolute atomic E-state index is 0.262. The predicted molar refractivity (Wildman–Crippen MR) is 97.1 cm³/mol. The van der Waals surface area contributed by atoms with Crippen molar-refractivity contribution in [1.82, 2.24) is 0 Å². The zero-order chi connectivity index (χ0) is 18.4. The lowest BCUT2D eigenvalue weighted by atomic mass is 9.64. The average molecular weight is 337 g/mol. The van der Waals surface area contributed by atoms with Gasteiger partial charge in [-0.05, 0) is 64.2 Å². The van der Waals surface area contributed by atoms with E-state index in [1.54, 1.807) is 0 Å². The van der Waals surface area contributed by atoms with Gasteiger partial charge in [0.2, 0.25) is 0 Å². The van der Waals surface area contributed by atoms with E-state index >= 15 is 0 Å². The second kappa shape index (κ2) is 6.31. The van der Waals surface area contributed by atoms with Crippen molar-refractivity contribution in [3.63, 3.8) is 0 Å². The third-order valence-electron chi connectivity index (χ3n) is 6.45. The fourth-order valence-electron chi connectivity index (χ4n) is 4.47. The van der Waals surface area contributed by atoms with Crippen molar-refractivity contribution in [3.8, 4) is 11.8 Å². The van der Waals surface area contributed by atoms with Crippen molar-refractivity contribution >= 4 is 0 Å². The molecule has 138 valence electrons. The van der Waals surface area contributed by atoms with E-state index in [1.165, 1.54) is 0 Å². The first kappa shape index (κ1) is 19.8. The highest BCUT2D eigenvalue weighted by Crippen LogP contribution is 2.62. The van der Waals surface area contributed by atoms with E-state index in [-0.39, 0.29) is 11.5 Å². The molecule has 0 aromatic carbocycles. The molecule has 0 heterocycles. The van der Waals surface area contributed by atoms with Gasteiger partial charge in [-0.15, -0.1) is 0 Å². The van der Waals surface area contributed by atoms with E-state index in [1.807, 2.05) is 27.7 Å². The highest BCUT2D eigenvalue weighted by molar-refractivity contribution is 5.27.